The minimum atomic E-state index is -0.383. The van der Waals surface area contributed by atoms with Crippen LogP contribution in [0.2, 0.25) is 0 Å². The Labute approximate surface area is 167 Å². The van der Waals surface area contributed by atoms with Gasteiger partial charge in [0.25, 0.3) is 5.91 Å². The largest absolute Gasteiger partial charge is 0.493 e. The van der Waals surface area contributed by atoms with Gasteiger partial charge < -0.3 is 34.3 Å². The van der Waals surface area contributed by atoms with Crippen molar-refractivity contribution >= 4 is 11.8 Å². The average molecular weight is 402 g/mol. The van der Waals surface area contributed by atoms with Crippen LogP contribution in [-0.2, 0) is 11.3 Å². The van der Waals surface area contributed by atoms with Crippen molar-refractivity contribution in [1.29, 1.82) is 0 Å². The number of rotatable bonds is 8. The quantitative estimate of drug-likeness (QED) is 0.689. The fraction of sp³-hybridized carbons (Fsp3) is 0.300. The normalized spacial score (nSPS) is 11.6. The molecule has 0 saturated heterocycles. The first-order valence-corrected chi connectivity index (χ1v) is 8.79. The van der Waals surface area contributed by atoms with Crippen LogP contribution in [0.4, 0.5) is 0 Å². The smallest absolute Gasteiger partial charge is 0.251 e. The van der Waals surface area contributed by atoms with Crippen molar-refractivity contribution in [2.75, 3.05) is 34.7 Å². The maximum atomic E-state index is 12.2. The van der Waals surface area contributed by atoms with Gasteiger partial charge in [-0.1, -0.05) is 0 Å². The lowest BCUT2D eigenvalue weighted by Gasteiger charge is -2.14. The predicted octanol–water partition coefficient (Wildman–Crippen LogP) is 1.49. The van der Waals surface area contributed by atoms with Crippen molar-refractivity contribution in [2.24, 2.45) is 0 Å². The van der Waals surface area contributed by atoms with E-state index in [9.17, 15) is 9.59 Å². The predicted molar refractivity (Wildman–Crippen MR) is 103 cm³/mol. The van der Waals surface area contributed by atoms with E-state index in [0.717, 1.165) is 5.56 Å². The Balaban J connectivity index is 1.54. The van der Waals surface area contributed by atoms with E-state index >= 15 is 0 Å². The monoisotopic (exact) mass is 402 g/mol. The summed E-state index contributed by atoms with van der Waals surface area (Å²) in [6, 6.07) is 8.32. The van der Waals surface area contributed by atoms with E-state index in [1.54, 1.807) is 30.3 Å². The SMILES string of the molecule is COc1cc(CNC(=O)CNC(=O)c2ccc3c(c2)OCO3)cc(OC)c1OC. The molecule has 0 aromatic heterocycles. The van der Waals surface area contributed by atoms with E-state index < -0.39 is 0 Å². The van der Waals surface area contributed by atoms with Gasteiger partial charge in [0, 0.05) is 12.1 Å². The summed E-state index contributed by atoms with van der Waals surface area (Å²) in [5.74, 6) is 1.83. The van der Waals surface area contributed by atoms with Crippen LogP contribution in [0.5, 0.6) is 28.7 Å². The van der Waals surface area contributed by atoms with Gasteiger partial charge >= 0.3 is 0 Å². The summed E-state index contributed by atoms with van der Waals surface area (Å²) in [6.07, 6.45) is 0. The van der Waals surface area contributed by atoms with Gasteiger partial charge in [0.2, 0.25) is 18.4 Å². The van der Waals surface area contributed by atoms with Gasteiger partial charge in [-0.15, -0.1) is 0 Å². The lowest BCUT2D eigenvalue weighted by molar-refractivity contribution is -0.120. The number of nitrogens with one attached hydrogen (secondary N) is 2. The maximum Gasteiger partial charge on any atom is 0.251 e. The molecule has 1 aliphatic heterocycles. The summed E-state index contributed by atoms with van der Waals surface area (Å²) in [5.41, 5.74) is 1.14. The second kappa shape index (κ2) is 9.05. The molecule has 9 heteroatoms. The summed E-state index contributed by atoms with van der Waals surface area (Å²) in [4.78, 5) is 24.3. The molecular formula is C20H22N2O7. The Hall–Kier alpha value is -3.62. The third-order valence-corrected chi connectivity index (χ3v) is 4.26. The van der Waals surface area contributed by atoms with Crippen LogP contribution in [0.25, 0.3) is 0 Å². The summed E-state index contributed by atoms with van der Waals surface area (Å²) in [7, 11) is 4.56. The van der Waals surface area contributed by atoms with Gasteiger partial charge in [0.15, 0.2) is 23.0 Å². The first-order valence-electron chi connectivity index (χ1n) is 8.79. The standard InChI is InChI=1S/C20H22N2O7/c1-25-16-6-12(7-17(26-2)19(16)27-3)9-21-18(23)10-22-20(24)13-4-5-14-15(8-13)29-11-28-14/h4-8H,9-11H2,1-3H3,(H,21,23)(H,22,24). The molecule has 2 aromatic carbocycles. The van der Waals surface area contributed by atoms with E-state index in [0.29, 0.717) is 34.3 Å². The van der Waals surface area contributed by atoms with Crippen LogP contribution in [0, 0.1) is 0 Å². The second-order valence-corrected chi connectivity index (χ2v) is 6.06. The Morgan fingerprint density at radius 3 is 2.28 bits per heavy atom. The topological polar surface area (TPSA) is 104 Å². The average Bonchev–Trinajstić information content (AvgIpc) is 3.22. The molecule has 0 fully saturated rings. The third kappa shape index (κ3) is 4.63. The number of hydrogen-bond acceptors (Lipinski definition) is 7. The lowest BCUT2D eigenvalue weighted by Crippen LogP contribution is -2.36. The third-order valence-electron chi connectivity index (χ3n) is 4.26. The Morgan fingerprint density at radius 2 is 1.62 bits per heavy atom. The van der Waals surface area contributed by atoms with E-state index in [4.69, 9.17) is 23.7 Å². The fourth-order valence-electron chi connectivity index (χ4n) is 2.80. The molecule has 0 bridgehead atoms. The zero-order valence-corrected chi connectivity index (χ0v) is 16.4. The molecule has 1 aliphatic rings. The number of carbonyl (C=O) groups excluding carboxylic acids is 2. The number of amides is 2. The number of carbonyl (C=O) groups is 2. The highest BCUT2D eigenvalue weighted by atomic mass is 16.7. The molecular weight excluding hydrogens is 380 g/mol. The molecule has 0 saturated carbocycles. The van der Waals surface area contributed by atoms with Crippen molar-refractivity contribution in [3.8, 4) is 28.7 Å². The van der Waals surface area contributed by atoms with Gasteiger partial charge in [-0.2, -0.15) is 0 Å². The van der Waals surface area contributed by atoms with Gasteiger partial charge in [0.1, 0.15) is 0 Å². The van der Waals surface area contributed by atoms with Crippen molar-refractivity contribution in [1.82, 2.24) is 10.6 Å². The molecule has 9 nitrogen and oxygen atoms in total. The molecule has 3 rings (SSSR count). The van der Waals surface area contributed by atoms with Crippen LogP contribution < -0.4 is 34.3 Å². The summed E-state index contributed by atoms with van der Waals surface area (Å²) < 4.78 is 26.3. The first-order chi connectivity index (χ1) is 14.0. The molecule has 29 heavy (non-hydrogen) atoms. The number of ether oxygens (including phenoxy) is 5. The van der Waals surface area contributed by atoms with E-state index in [2.05, 4.69) is 10.6 Å². The molecule has 0 unspecified atom stereocenters. The number of benzene rings is 2. The molecule has 0 radical (unpaired) electrons. The molecule has 2 N–H and O–H groups in total. The van der Waals surface area contributed by atoms with Gasteiger partial charge in [-0.05, 0) is 35.9 Å². The van der Waals surface area contributed by atoms with E-state index in [-0.39, 0.29) is 31.7 Å². The van der Waals surface area contributed by atoms with Crippen molar-refractivity contribution in [3.05, 3.63) is 41.5 Å². The van der Waals surface area contributed by atoms with E-state index in [1.807, 2.05) is 0 Å². The first kappa shape index (κ1) is 20.1. The van der Waals surface area contributed by atoms with Crippen LogP contribution >= 0.6 is 0 Å². The number of methoxy groups -OCH3 is 3. The molecule has 154 valence electrons. The van der Waals surface area contributed by atoms with Crippen molar-refractivity contribution < 1.29 is 33.3 Å². The molecule has 0 atom stereocenters. The maximum absolute atomic E-state index is 12.2. The molecule has 2 amide bonds. The number of hydrogen-bond donors (Lipinski definition) is 2. The molecule has 0 aliphatic carbocycles. The summed E-state index contributed by atoms with van der Waals surface area (Å²) in [5, 5.41) is 5.31. The zero-order chi connectivity index (χ0) is 20.8. The van der Waals surface area contributed by atoms with E-state index in [1.165, 1.54) is 21.3 Å². The summed E-state index contributed by atoms with van der Waals surface area (Å²) >= 11 is 0. The zero-order valence-electron chi connectivity index (χ0n) is 16.4. The highest BCUT2D eigenvalue weighted by molar-refractivity contribution is 5.97. The van der Waals surface area contributed by atoms with Crippen LogP contribution in [0.1, 0.15) is 15.9 Å². The lowest BCUT2D eigenvalue weighted by atomic mass is 10.1. The van der Waals surface area contributed by atoms with Crippen LogP contribution in [0.3, 0.4) is 0 Å². The summed E-state index contributed by atoms with van der Waals surface area (Å²) in [6.45, 7) is 0.191. The molecule has 2 aromatic rings. The second-order valence-electron chi connectivity index (χ2n) is 6.06. The van der Waals surface area contributed by atoms with Crippen LogP contribution in [0.15, 0.2) is 30.3 Å². The molecule has 1 heterocycles. The van der Waals surface area contributed by atoms with Gasteiger partial charge in [-0.25, -0.2) is 0 Å². The fourth-order valence-corrected chi connectivity index (χ4v) is 2.80. The minimum Gasteiger partial charge on any atom is -0.493 e. The van der Waals surface area contributed by atoms with Gasteiger partial charge in [-0.3, -0.25) is 9.59 Å². The minimum absolute atomic E-state index is 0.129. The Kier molecular flexibility index (Phi) is 6.28. The van der Waals surface area contributed by atoms with Crippen molar-refractivity contribution in [2.45, 2.75) is 6.54 Å². The Bertz CT molecular complexity index is 889. The molecule has 0 spiro atoms. The van der Waals surface area contributed by atoms with Crippen molar-refractivity contribution in [3.63, 3.8) is 0 Å². The highest BCUT2D eigenvalue weighted by Gasteiger charge is 2.17. The Morgan fingerprint density at radius 1 is 0.931 bits per heavy atom. The van der Waals surface area contributed by atoms with Gasteiger partial charge in [0.05, 0.1) is 27.9 Å². The van der Waals surface area contributed by atoms with Crippen LogP contribution in [-0.4, -0.2) is 46.5 Å². The highest BCUT2D eigenvalue weighted by Crippen LogP contribution is 2.38. The number of fused-ring (bicyclic) bond motifs is 1.